The molecule has 0 saturated carbocycles. The summed E-state index contributed by atoms with van der Waals surface area (Å²) in [7, 11) is 0. The first-order chi connectivity index (χ1) is 20.5. The van der Waals surface area contributed by atoms with Gasteiger partial charge in [0.2, 0.25) is 5.91 Å². The van der Waals surface area contributed by atoms with Crippen molar-refractivity contribution in [3.05, 3.63) is 0 Å². The van der Waals surface area contributed by atoms with E-state index >= 15 is 0 Å². The van der Waals surface area contributed by atoms with Crippen LogP contribution in [0.1, 0.15) is 207 Å². The molecule has 0 aromatic heterocycles. The van der Waals surface area contributed by atoms with Gasteiger partial charge in [-0.3, -0.25) is 9.59 Å². The number of carbonyl (C=O) groups is 2. The molecule has 250 valence electrons. The molecule has 0 bridgehead atoms. The molecule has 42 heavy (non-hydrogen) atoms. The van der Waals surface area contributed by atoms with Gasteiger partial charge < -0.3 is 15.5 Å². The maximum Gasteiger partial charge on any atom is 0.220 e. The molecule has 2 atom stereocenters. The van der Waals surface area contributed by atoms with Gasteiger partial charge in [-0.2, -0.15) is 0 Å². The Labute approximate surface area is 261 Å². The Bertz CT molecular complexity index is 605. The van der Waals surface area contributed by atoms with Gasteiger partial charge in [0, 0.05) is 12.8 Å². The van der Waals surface area contributed by atoms with Gasteiger partial charge in [0.25, 0.3) is 0 Å². The first kappa shape index (κ1) is 41.1. The number of hydrogen-bond acceptors (Lipinski definition) is 4. The second kappa shape index (κ2) is 30.1. The van der Waals surface area contributed by atoms with E-state index in [-0.39, 0.29) is 11.7 Å². The molecule has 0 aliphatic rings. The van der Waals surface area contributed by atoms with Crippen LogP contribution in [0.4, 0.5) is 0 Å². The van der Waals surface area contributed by atoms with Gasteiger partial charge in [-0.1, -0.05) is 175 Å². The van der Waals surface area contributed by atoms with Crippen LogP contribution in [-0.2, 0) is 9.59 Å². The molecule has 0 aliphatic carbocycles. The quantitative estimate of drug-likeness (QED) is 0.0659. The molecule has 5 heteroatoms. The summed E-state index contributed by atoms with van der Waals surface area (Å²) in [6.07, 6.45) is 32.1. The Hall–Kier alpha value is -0.940. The van der Waals surface area contributed by atoms with Crippen LogP contribution in [0.3, 0.4) is 0 Å². The topological polar surface area (TPSA) is 86.6 Å². The van der Waals surface area contributed by atoms with Crippen molar-refractivity contribution in [1.82, 2.24) is 5.32 Å². The van der Waals surface area contributed by atoms with Gasteiger partial charge in [0.15, 0.2) is 5.78 Å². The number of Topliss-reactive ketones (excluding diaryl/α,β-unsaturated/α-hetero) is 1. The Kier molecular flexibility index (Phi) is 29.4. The van der Waals surface area contributed by atoms with Crippen molar-refractivity contribution in [1.29, 1.82) is 0 Å². The van der Waals surface area contributed by atoms with E-state index < -0.39 is 18.2 Å². The van der Waals surface area contributed by atoms with E-state index in [1.54, 1.807) is 0 Å². The lowest BCUT2D eigenvalue weighted by atomic mass is 9.85. The molecule has 1 amide bonds. The highest BCUT2D eigenvalue weighted by Gasteiger charge is 2.40. The summed E-state index contributed by atoms with van der Waals surface area (Å²) < 4.78 is 0. The van der Waals surface area contributed by atoms with E-state index in [2.05, 4.69) is 19.2 Å². The molecule has 0 fully saturated rings. The Morgan fingerprint density at radius 1 is 0.524 bits per heavy atom. The number of unbranched alkanes of at least 4 members (excludes halogenated alkanes) is 24. The molecule has 0 radical (unpaired) electrons. The number of carbonyl (C=O) groups excluding carboxylic acids is 2. The lowest BCUT2D eigenvalue weighted by Crippen LogP contribution is -2.61. The number of amides is 1. The molecule has 3 N–H and O–H groups in total. The zero-order valence-electron chi connectivity index (χ0n) is 28.5. The maximum absolute atomic E-state index is 12.8. The Balaban J connectivity index is 3.97. The number of ketones is 1. The van der Waals surface area contributed by atoms with Crippen molar-refractivity contribution in [2.24, 2.45) is 0 Å². The average Bonchev–Trinajstić information content (AvgIpc) is 3.00. The van der Waals surface area contributed by atoms with Crippen LogP contribution >= 0.6 is 0 Å². The number of nitrogens with one attached hydrogen (secondary N) is 1. The lowest BCUT2D eigenvalue weighted by molar-refractivity contribution is -0.137. The normalized spacial score (nSPS) is 13.6. The highest BCUT2D eigenvalue weighted by atomic mass is 16.3. The zero-order valence-corrected chi connectivity index (χ0v) is 28.5. The summed E-state index contributed by atoms with van der Waals surface area (Å²) >= 11 is 0. The monoisotopic (exact) mass is 596 g/mol. The minimum absolute atomic E-state index is 0.179. The average molecular weight is 596 g/mol. The minimum atomic E-state index is -1.36. The van der Waals surface area contributed by atoms with Crippen LogP contribution in [-0.4, -0.2) is 40.2 Å². The highest BCUT2D eigenvalue weighted by Crippen LogP contribution is 2.20. The van der Waals surface area contributed by atoms with Crippen molar-refractivity contribution in [3.8, 4) is 0 Å². The molecule has 0 heterocycles. The number of aliphatic hydroxyl groups excluding tert-OH is 2. The Morgan fingerprint density at radius 3 is 1.14 bits per heavy atom. The summed E-state index contributed by atoms with van der Waals surface area (Å²) in [5.41, 5.74) is -1.28. The van der Waals surface area contributed by atoms with E-state index in [4.69, 9.17) is 0 Å². The fourth-order valence-electron chi connectivity index (χ4n) is 5.99. The van der Waals surface area contributed by atoms with Gasteiger partial charge in [-0.05, 0) is 19.3 Å². The van der Waals surface area contributed by atoms with Crippen LogP contribution in [0.25, 0.3) is 0 Å². The van der Waals surface area contributed by atoms with E-state index in [1.807, 2.05) is 6.92 Å². The molecular weight excluding hydrogens is 522 g/mol. The van der Waals surface area contributed by atoms with Crippen molar-refractivity contribution < 1.29 is 19.8 Å². The standard InChI is InChI=1S/C37H73NO4/c1-4-7-9-11-13-15-17-19-21-23-25-27-29-31-34(40)36(42)37(6-3,33-39)38-35(41)32-30-28-26-24-22-20-18-16-14-12-10-8-5-2/h36,39,42H,4-33H2,1-3H3,(H,38,41). The van der Waals surface area contributed by atoms with E-state index in [1.165, 1.54) is 128 Å². The first-order valence-corrected chi connectivity index (χ1v) is 18.6. The molecule has 0 aliphatic heterocycles. The fraction of sp³-hybridized carbons (Fsp3) is 0.946. The largest absolute Gasteiger partial charge is 0.394 e. The number of rotatable bonds is 33. The van der Waals surface area contributed by atoms with Crippen LogP contribution in [0.5, 0.6) is 0 Å². The van der Waals surface area contributed by atoms with Gasteiger partial charge in [0.05, 0.1) is 12.1 Å². The number of hydrogen-bond donors (Lipinski definition) is 3. The third-order valence-electron chi connectivity index (χ3n) is 9.16. The third kappa shape index (κ3) is 22.6. The summed E-state index contributed by atoms with van der Waals surface area (Å²) in [5, 5.41) is 23.8. The molecule has 2 unspecified atom stereocenters. The molecule has 5 nitrogen and oxygen atoms in total. The van der Waals surface area contributed by atoms with E-state index in [9.17, 15) is 19.8 Å². The SMILES string of the molecule is CCCCCCCCCCCCCCCC(=O)NC(CC)(CO)C(O)C(=O)CCCCCCCCCCCCCCC. The van der Waals surface area contributed by atoms with E-state index in [0.29, 0.717) is 19.3 Å². The maximum atomic E-state index is 12.8. The van der Waals surface area contributed by atoms with Crippen LogP contribution in [0.2, 0.25) is 0 Å². The second-order valence-electron chi connectivity index (χ2n) is 13.1. The van der Waals surface area contributed by atoms with Crippen LogP contribution in [0.15, 0.2) is 0 Å². The number of aliphatic hydroxyl groups is 2. The minimum Gasteiger partial charge on any atom is -0.394 e. The predicted molar refractivity (Wildman–Crippen MR) is 180 cm³/mol. The van der Waals surface area contributed by atoms with Crippen LogP contribution in [0, 0.1) is 0 Å². The first-order valence-electron chi connectivity index (χ1n) is 18.6. The molecule has 0 spiro atoms. The third-order valence-corrected chi connectivity index (χ3v) is 9.16. The lowest BCUT2D eigenvalue weighted by Gasteiger charge is -2.35. The zero-order chi connectivity index (χ0) is 31.2. The van der Waals surface area contributed by atoms with Crippen molar-refractivity contribution in [2.75, 3.05) is 6.61 Å². The van der Waals surface area contributed by atoms with Gasteiger partial charge in [0.1, 0.15) is 6.10 Å². The summed E-state index contributed by atoms with van der Waals surface area (Å²) in [5.74, 6) is -0.447. The van der Waals surface area contributed by atoms with Gasteiger partial charge >= 0.3 is 0 Å². The second-order valence-corrected chi connectivity index (χ2v) is 13.1. The molecule has 0 saturated heterocycles. The van der Waals surface area contributed by atoms with Gasteiger partial charge in [-0.15, -0.1) is 0 Å². The molecule has 0 rings (SSSR count). The smallest absolute Gasteiger partial charge is 0.220 e. The molecular formula is C37H73NO4. The molecule has 0 aromatic rings. The summed E-state index contributed by atoms with van der Waals surface area (Å²) in [6.45, 7) is 5.89. The summed E-state index contributed by atoms with van der Waals surface area (Å²) in [6, 6.07) is 0. The molecule has 0 aromatic carbocycles. The van der Waals surface area contributed by atoms with Crippen molar-refractivity contribution in [3.63, 3.8) is 0 Å². The fourth-order valence-corrected chi connectivity index (χ4v) is 5.99. The van der Waals surface area contributed by atoms with Crippen LogP contribution < -0.4 is 5.32 Å². The van der Waals surface area contributed by atoms with Crippen molar-refractivity contribution in [2.45, 2.75) is 219 Å². The summed E-state index contributed by atoms with van der Waals surface area (Å²) in [4.78, 5) is 25.4. The Morgan fingerprint density at radius 2 is 0.833 bits per heavy atom. The van der Waals surface area contributed by atoms with E-state index in [0.717, 1.165) is 38.5 Å². The van der Waals surface area contributed by atoms with Gasteiger partial charge in [-0.25, -0.2) is 0 Å². The predicted octanol–water partition coefficient (Wildman–Crippen LogP) is 10.1. The van der Waals surface area contributed by atoms with Crippen molar-refractivity contribution >= 4 is 11.7 Å². The highest BCUT2D eigenvalue weighted by molar-refractivity contribution is 5.86.